The number of carbonyl (C=O) groups is 2. The Morgan fingerprint density at radius 3 is 2.20 bits per heavy atom. The average Bonchev–Trinajstić information content (AvgIpc) is 2.09. The average molecular weight is 215 g/mol. The number of amides is 1. The third-order valence-electron chi connectivity index (χ3n) is 2.00. The molecule has 0 aromatic carbocycles. The quantitative estimate of drug-likeness (QED) is 0.723. The summed E-state index contributed by atoms with van der Waals surface area (Å²) in [4.78, 5) is 22.2. The number of esters is 1. The van der Waals surface area contributed by atoms with Crippen LogP contribution in [0, 0.1) is 5.41 Å². The Morgan fingerprint density at radius 1 is 1.33 bits per heavy atom. The van der Waals surface area contributed by atoms with Gasteiger partial charge in [-0.2, -0.15) is 0 Å². The monoisotopic (exact) mass is 215 g/mol. The SMILES string of the molecule is CC[C@H](COC(C)=O)NC(=O)C(C)(C)C. The summed E-state index contributed by atoms with van der Waals surface area (Å²) in [6.45, 7) is 9.09. The molecule has 0 aliphatic heterocycles. The summed E-state index contributed by atoms with van der Waals surface area (Å²) in [5, 5.41) is 2.85. The maximum Gasteiger partial charge on any atom is 0.302 e. The fourth-order valence-corrected chi connectivity index (χ4v) is 0.881. The van der Waals surface area contributed by atoms with E-state index in [0.717, 1.165) is 6.42 Å². The van der Waals surface area contributed by atoms with Crippen LogP contribution >= 0.6 is 0 Å². The molecule has 0 aromatic rings. The van der Waals surface area contributed by atoms with E-state index in [2.05, 4.69) is 5.32 Å². The third-order valence-corrected chi connectivity index (χ3v) is 2.00. The zero-order valence-corrected chi connectivity index (χ0v) is 10.2. The highest BCUT2D eigenvalue weighted by atomic mass is 16.5. The van der Waals surface area contributed by atoms with Crippen molar-refractivity contribution in [3.8, 4) is 0 Å². The molecule has 4 nitrogen and oxygen atoms in total. The van der Waals surface area contributed by atoms with Gasteiger partial charge < -0.3 is 10.1 Å². The minimum atomic E-state index is -0.413. The van der Waals surface area contributed by atoms with Gasteiger partial charge in [0, 0.05) is 12.3 Å². The second kappa shape index (κ2) is 5.73. The van der Waals surface area contributed by atoms with Crippen molar-refractivity contribution in [1.29, 1.82) is 0 Å². The minimum Gasteiger partial charge on any atom is -0.464 e. The lowest BCUT2D eigenvalue weighted by molar-refractivity contribution is -0.143. The molecule has 0 fully saturated rings. The lowest BCUT2D eigenvalue weighted by Gasteiger charge is -2.23. The van der Waals surface area contributed by atoms with Gasteiger partial charge in [-0.25, -0.2) is 0 Å². The van der Waals surface area contributed by atoms with Crippen molar-refractivity contribution in [3.05, 3.63) is 0 Å². The van der Waals surface area contributed by atoms with Crippen molar-refractivity contribution < 1.29 is 14.3 Å². The van der Waals surface area contributed by atoms with Crippen molar-refractivity contribution in [1.82, 2.24) is 5.32 Å². The first-order chi connectivity index (χ1) is 6.77. The number of rotatable bonds is 4. The molecule has 0 spiro atoms. The lowest BCUT2D eigenvalue weighted by Crippen LogP contribution is -2.43. The van der Waals surface area contributed by atoms with Gasteiger partial charge in [-0.1, -0.05) is 27.7 Å². The first-order valence-electron chi connectivity index (χ1n) is 5.21. The summed E-state index contributed by atoms with van der Waals surface area (Å²) >= 11 is 0. The van der Waals surface area contributed by atoms with Crippen LogP contribution in [0.3, 0.4) is 0 Å². The normalized spacial score (nSPS) is 13.1. The molecule has 0 aliphatic carbocycles. The lowest BCUT2D eigenvalue weighted by atomic mass is 9.95. The van der Waals surface area contributed by atoms with E-state index < -0.39 is 5.41 Å². The number of nitrogens with one attached hydrogen (secondary N) is 1. The van der Waals surface area contributed by atoms with Crippen molar-refractivity contribution in [2.75, 3.05) is 6.61 Å². The van der Waals surface area contributed by atoms with E-state index in [-0.39, 0.29) is 24.5 Å². The minimum absolute atomic E-state index is 0.0264. The number of ether oxygens (including phenoxy) is 1. The Balaban J connectivity index is 4.10. The smallest absolute Gasteiger partial charge is 0.302 e. The fraction of sp³-hybridized carbons (Fsp3) is 0.818. The summed E-state index contributed by atoms with van der Waals surface area (Å²) in [6.07, 6.45) is 0.745. The highest BCUT2D eigenvalue weighted by Crippen LogP contribution is 2.13. The van der Waals surface area contributed by atoms with E-state index in [1.165, 1.54) is 6.92 Å². The molecule has 0 saturated heterocycles. The molecule has 1 N–H and O–H groups in total. The molecule has 0 radical (unpaired) electrons. The van der Waals surface area contributed by atoms with Crippen LogP contribution in [0.25, 0.3) is 0 Å². The molecule has 1 amide bonds. The van der Waals surface area contributed by atoms with E-state index in [0.29, 0.717) is 0 Å². The van der Waals surface area contributed by atoms with Gasteiger partial charge in [0.05, 0.1) is 6.04 Å². The van der Waals surface area contributed by atoms with Crippen LogP contribution < -0.4 is 5.32 Å². The van der Waals surface area contributed by atoms with Gasteiger partial charge in [0.15, 0.2) is 0 Å². The van der Waals surface area contributed by atoms with Crippen LogP contribution in [0.4, 0.5) is 0 Å². The summed E-state index contributed by atoms with van der Waals surface area (Å²) < 4.78 is 4.85. The number of hydrogen-bond donors (Lipinski definition) is 1. The summed E-state index contributed by atoms with van der Waals surface area (Å²) in [5.41, 5.74) is -0.413. The Bertz CT molecular complexity index is 230. The standard InChI is InChI=1S/C11H21NO3/c1-6-9(7-15-8(2)13)12-10(14)11(3,4)5/h9H,6-7H2,1-5H3,(H,12,14)/t9-/m1/s1. The second-order valence-corrected chi connectivity index (χ2v) is 4.63. The van der Waals surface area contributed by atoms with Gasteiger partial charge in [-0.05, 0) is 6.42 Å². The Labute approximate surface area is 91.4 Å². The van der Waals surface area contributed by atoms with Gasteiger partial charge in [-0.3, -0.25) is 9.59 Å². The van der Waals surface area contributed by atoms with Gasteiger partial charge in [0.25, 0.3) is 0 Å². The first-order valence-corrected chi connectivity index (χ1v) is 5.21. The van der Waals surface area contributed by atoms with Crippen molar-refractivity contribution >= 4 is 11.9 Å². The van der Waals surface area contributed by atoms with Crippen LogP contribution in [-0.2, 0) is 14.3 Å². The summed E-state index contributed by atoms with van der Waals surface area (Å²) in [6, 6.07) is -0.0966. The molecule has 0 heterocycles. The molecule has 15 heavy (non-hydrogen) atoms. The zero-order chi connectivity index (χ0) is 12.1. The Morgan fingerprint density at radius 2 is 1.87 bits per heavy atom. The van der Waals surface area contributed by atoms with E-state index in [1.54, 1.807) is 0 Å². The summed E-state index contributed by atoms with van der Waals surface area (Å²) in [7, 11) is 0. The van der Waals surface area contributed by atoms with E-state index in [4.69, 9.17) is 4.74 Å². The van der Waals surface area contributed by atoms with Crippen LogP contribution in [0.15, 0.2) is 0 Å². The first kappa shape index (κ1) is 13.9. The molecule has 0 bridgehead atoms. The predicted octanol–water partition coefficient (Wildman–Crippen LogP) is 1.49. The third kappa shape index (κ3) is 6.10. The molecule has 0 unspecified atom stereocenters. The molecule has 4 heteroatoms. The molecule has 88 valence electrons. The topological polar surface area (TPSA) is 55.4 Å². The zero-order valence-electron chi connectivity index (χ0n) is 10.2. The van der Waals surface area contributed by atoms with Crippen molar-refractivity contribution in [2.24, 2.45) is 5.41 Å². The van der Waals surface area contributed by atoms with Crippen LogP contribution in [-0.4, -0.2) is 24.5 Å². The Hall–Kier alpha value is -1.06. The van der Waals surface area contributed by atoms with Crippen molar-refractivity contribution in [2.45, 2.75) is 47.1 Å². The Kier molecular flexibility index (Phi) is 5.33. The molecule has 0 aliphatic rings. The number of carbonyl (C=O) groups excluding carboxylic acids is 2. The molecule has 1 atom stereocenters. The molecular weight excluding hydrogens is 194 g/mol. The molecule has 0 aromatic heterocycles. The largest absolute Gasteiger partial charge is 0.464 e. The molecule has 0 rings (SSSR count). The highest BCUT2D eigenvalue weighted by molar-refractivity contribution is 5.81. The predicted molar refractivity (Wildman–Crippen MR) is 58.3 cm³/mol. The molecule has 0 saturated carbocycles. The van der Waals surface area contributed by atoms with E-state index >= 15 is 0 Å². The maximum absolute atomic E-state index is 11.6. The second-order valence-electron chi connectivity index (χ2n) is 4.63. The van der Waals surface area contributed by atoms with Gasteiger partial charge >= 0.3 is 5.97 Å². The van der Waals surface area contributed by atoms with Crippen LogP contribution in [0.2, 0.25) is 0 Å². The van der Waals surface area contributed by atoms with Gasteiger partial charge in [-0.15, -0.1) is 0 Å². The fourth-order valence-electron chi connectivity index (χ4n) is 0.881. The number of hydrogen-bond acceptors (Lipinski definition) is 3. The summed E-state index contributed by atoms with van der Waals surface area (Å²) in [5.74, 6) is -0.347. The van der Waals surface area contributed by atoms with Crippen molar-refractivity contribution in [3.63, 3.8) is 0 Å². The molecular formula is C11H21NO3. The highest BCUT2D eigenvalue weighted by Gasteiger charge is 2.23. The van der Waals surface area contributed by atoms with Crippen LogP contribution in [0.1, 0.15) is 41.0 Å². The van der Waals surface area contributed by atoms with Gasteiger partial charge in [0.2, 0.25) is 5.91 Å². The maximum atomic E-state index is 11.6. The van der Waals surface area contributed by atoms with E-state index in [9.17, 15) is 9.59 Å². The van der Waals surface area contributed by atoms with Gasteiger partial charge in [0.1, 0.15) is 6.61 Å². The van der Waals surface area contributed by atoms with Crippen LogP contribution in [0.5, 0.6) is 0 Å². The van der Waals surface area contributed by atoms with E-state index in [1.807, 2.05) is 27.7 Å².